The zero-order chi connectivity index (χ0) is 14.4. The van der Waals surface area contributed by atoms with Gasteiger partial charge in [-0.15, -0.1) is 0 Å². The lowest BCUT2D eigenvalue weighted by molar-refractivity contribution is 0.101. The van der Waals surface area contributed by atoms with E-state index in [-0.39, 0.29) is 0 Å². The number of hydrogen-bond acceptors (Lipinski definition) is 3. The third-order valence-corrected chi connectivity index (χ3v) is 4.08. The van der Waals surface area contributed by atoms with Crippen molar-refractivity contribution in [3.8, 4) is 0 Å². The van der Waals surface area contributed by atoms with Crippen LogP contribution in [0.15, 0.2) is 12.3 Å². The fourth-order valence-electron chi connectivity index (χ4n) is 3.09. The summed E-state index contributed by atoms with van der Waals surface area (Å²) in [4.78, 5) is 4.65. The summed E-state index contributed by atoms with van der Waals surface area (Å²) in [6.45, 7) is 8.37. The van der Waals surface area contributed by atoms with Crippen LogP contribution >= 0.6 is 0 Å². The molecule has 1 N–H and O–H groups in total. The van der Waals surface area contributed by atoms with Crippen LogP contribution in [0.3, 0.4) is 0 Å². The largest absolute Gasteiger partial charge is 0.378 e. The summed E-state index contributed by atoms with van der Waals surface area (Å²) in [7, 11) is 0. The lowest BCUT2D eigenvalue weighted by atomic mass is 9.99. The molecule has 112 valence electrons. The quantitative estimate of drug-likeness (QED) is 0.824. The third kappa shape index (κ3) is 4.29. The first-order chi connectivity index (χ1) is 9.70. The molecule has 3 nitrogen and oxygen atoms in total. The molecule has 1 aliphatic rings. The minimum absolute atomic E-state index is 0.377. The number of rotatable bonds is 7. The maximum Gasteiger partial charge on any atom is 0.0602 e. The fraction of sp³-hybridized carbons (Fsp3) is 0.706. The van der Waals surface area contributed by atoms with E-state index in [1.807, 2.05) is 6.20 Å². The lowest BCUT2D eigenvalue weighted by Crippen LogP contribution is -2.23. The molecule has 0 radical (unpaired) electrons. The Balaban J connectivity index is 1.91. The first-order valence-corrected chi connectivity index (χ1v) is 7.98. The van der Waals surface area contributed by atoms with Crippen LogP contribution in [-0.4, -0.2) is 24.2 Å². The molecule has 0 saturated carbocycles. The number of aryl methyl sites for hydroxylation is 2. The Morgan fingerprint density at radius 3 is 2.95 bits per heavy atom. The van der Waals surface area contributed by atoms with E-state index in [4.69, 9.17) is 4.74 Å². The Hall–Kier alpha value is -0.930. The molecule has 0 amide bonds. The van der Waals surface area contributed by atoms with Gasteiger partial charge < -0.3 is 10.1 Å². The van der Waals surface area contributed by atoms with E-state index in [0.717, 1.165) is 19.6 Å². The zero-order valence-electron chi connectivity index (χ0n) is 13.1. The minimum atomic E-state index is 0.377. The van der Waals surface area contributed by atoms with E-state index < -0.39 is 0 Å². The van der Waals surface area contributed by atoms with Crippen LogP contribution in [0.1, 0.15) is 61.9 Å². The van der Waals surface area contributed by atoms with Gasteiger partial charge in [0.15, 0.2) is 0 Å². The summed E-state index contributed by atoms with van der Waals surface area (Å²) >= 11 is 0. The first-order valence-electron chi connectivity index (χ1n) is 7.98. The van der Waals surface area contributed by atoms with Gasteiger partial charge in [0.25, 0.3) is 0 Å². The van der Waals surface area contributed by atoms with Crippen molar-refractivity contribution >= 4 is 0 Å². The van der Waals surface area contributed by atoms with Gasteiger partial charge in [-0.25, -0.2) is 0 Å². The number of nitrogens with zero attached hydrogens (tertiary/aromatic N) is 1. The molecule has 1 aromatic heterocycles. The van der Waals surface area contributed by atoms with Crippen molar-refractivity contribution in [2.75, 3.05) is 13.2 Å². The smallest absolute Gasteiger partial charge is 0.0602 e. The monoisotopic (exact) mass is 276 g/mol. The van der Waals surface area contributed by atoms with E-state index in [9.17, 15) is 0 Å². The van der Waals surface area contributed by atoms with Gasteiger partial charge in [-0.05, 0) is 63.6 Å². The van der Waals surface area contributed by atoms with Crippen LogP contribution in [0, 0.1) is 13.8 Å². The topological polar surface area (TPSA) is 34.1 Å². The molecule has 2 atom stereocenters. The summed E-state index contributed by atoms with van der Waals surface area (Å²) in [5, 5.41) is 3.58. The van der Waals surface area contributed by atoms with Crippen LogP contribution < -0.4 is 5.32 Å². The summed E-state index contributed by atoms with van der Waals surface area (Å²) in [6.07, 6.45) is 8.50. The highest BCUT2D eigenvalue weighted by atomic mass is 16.5. The predicted octanol–water partition coefficient (Wildman–Crippen LogP) is 3.70. The number of ether oxygens (including phenoxy) is 1. The second kappa shape index (κ2) is 7.75. The number of nitrogens with one attached hydrogen (secondary N) is 1. The van der Waals surface area contributed by atoms with Crippen molar-refractivity contribution in [3.63, 3.8) is 0 Å². The highest BCUT2D eigenvalue weighted by Crippen LogP contribution is 2.24. The van der Waals surface area contributed by atoms with Gasteiger partial charge in [0.05, 0.1) is 11.8 Å². The van der Waals surface area contributed by atoms with Crippen molar-refractivity contribution < 1.29 is 4.74 Å². The normalized spacial score (nSPS) is 20.2. The van der Waals surface area contributed by atoms with E-state index in [1.54, 1.807) is 0 Å². The van der Waals surface area contributed by atoms with Gasteiger partial charge in [-0.3, -0.25) is 4.98 Å². The molecule has 1 aliphatic heterocycles. The van der Waals surface area contributed by atoms with Gasteiger partial charge in [-0.1, -0.05) is 13.0 Å². The highest BCUT2D eigenvalue weighted by Gasteiger charge is 2.18. The summed E-state index contributed by atoms with van der Waals surface area (Å²) in [5.41, 5.74) is 3.75. The van der Waals surface area contributed by atoms with E-state index in [1.165, 1.54) is 42.5 Å². The Morgan fingerprint density at radius 2 is 2.30 bits per heavy atom. The summed E-state index contributed by atoms with van der Waals surface area (Å²) in [6, 6.07) is 2.61. The van der Waals surface area contributed by atoms with Crippen molar-refractivity contribution in [2.45, 2.75) is 65.0 Å². The molecule has 3 heteroatoms. The molecule has 0 aromatic carbocycles. The molecule has 2 heterocycles. The zero-order valence-corrected chi connectivity index (χ0v) is 13.1. The van der Waals surface area contributed by atoms with E-state index >= 15 is 0 Å². The summed E-state index contributed by atoms with van der Waals surface area (Å²) in [5.74, 6) is 0. The Kier molecular flexibility index (Phi) is 5.99. The summed E-state index contributed by atoms with van der Waals surface area (Å²) < 4.78 is 5.70. The first kappa shape index (κ1) is 15.5. The third-order valence-electron chi connectivity index (χ3n) is 4.08. The Morgan fingerprint density at radius 1 is 1.45 bits per heavy atom. The van der Waals surface area contributed by atoms with Crippen molar-refractivity contribution in [1.29, 1.82) is 0 Å². The molecule has 1 fully saturated rings. The van der Waals surface area contributed by atoms with Gasteiger partial charge in [0, 0.05) is 18.8 Å². The maximum absolute atomic E-state index is 5.70. The molecule has 20 heavy (non-hydrogen) atoms. The van der Waals surface area contributed by atoms with Crippen LogP contribution in [0.25, 0.3) is 0 Å². The molecular formula is C17H28N2O. The SMILES string of the molecule is CCNC(CCCC1CCCO1)c1ncc(C)cc1C. The van der Waals surface area contributed by atoms with Gasteiger partial charge in [-0.2, -0.15) is 0 Å². The molecule has 1 saturated heterocycles. The Bertz CT molecular complexity index is 413. The lowest BCUT2D eigenvalue weighted by Gasteiger charge is -2.20. The second-order valence-corrected chi connectivity index (χ2v) is 5.89. The van der Waals surface area contributed by atoms with Gasteiger partial charge in [0.2, 0.25) is 0 Å². The molecule has 2 unspecified atom stereocenters. The molecule has 1 aromatic rings. The highest BCUT2D eigenvalue weighted by molar-refractivity contribution is 5.25. The second-order valence-electron chi connectivity index (χ2n) is 5.89. The van der Waals surface area contributed by atoms with Crippen LogP contribution in [-0.2, 0) is 4.74 Å². The van der Waals surface area contributed by atoms with Gasteiger partial charge in [0.1, 0.15) is 0 Å². The predicted molar refractivity (Wildman–Crippen MR) is 83.0 cm³/mol. The molecule has 0 aliphatic carbocycles. The number of aromatic nitrogens is 1. The molecule has 0 spiro atoms. The Labute approximate surface area is 123 Å². The average Bonchev–Trinajstić information content (AvgIpc) is 2.91. The van der Waals surface area contributed by atoms with Crippen molar-refractivity contribution in [2.24, 2.45) is 0 Å². The molecule has 2 rings (SSSR count). The van der Waals surface area contributed by atoms with Crippen LogP contribution in [0.2, 0.25) is 0 Å². The van der Waals surface area contributed by atoms with E-state index in [2.05, 4.69) is 37.1 Å². The van der Waals surface area contributed by atoms with Crippen molar-refractivity contribution in [3.05, 3.63) is 29.1 Å². The van der Waals surface area contributed by atoms with Gasteiger partial charge >= 0.3 is 0 Å². The van der Waals surface area contributed by atoms with Crippen molar-refractivity contribution in [1.82, 2.24) is 10.3 Å². The number of hydrogen-bond donors (Lipinski definition) is 1. The van der Waals surface area contributed by atoms with Crippen LogP contribution in [0.5, 0.6) is 0 Å². The minimum Gasteiger partial charge on any atom is -0.378 e. The standard InChI is InChI=1S/C17H28N2O/c1-4-18-16(9-5-7-15-8-6-10-20-15)17-14(3)11-13(2)12-19-17/h11-12,15-16,18H,4-10H2,1-3H3. The maximum atomic E-state index is 5.70. The van der Waals surface area contributed by atoms with Crippen LogP contribution in [0.4, 0.5) is 0 Å². The molecular weight excluding hydrogens is 248 g/mol. The fourth-order valence-corrected chi connectivity index (χ4v) is 3.09. The average molecular weight is 276 g/mol. The molecule has 0 bridgehead atoms. The number of pyridine rings is 1. The van der Waals surface area contributed by atoms with E-state index in [0.29, 0.717) is 12.1 Å².